The van der Waals surface area contributed by atoms with Crippen molar-refractivity contribution in [3.8, 4) is 11.5 Å². The maximum atomic E-state index is 13.0. The summed E-state index contributed by atoms with van der Waals surface area (Å²) in [4.78, 5) is 14.9. The monoisotopic (exact) mass is 474 g/mol. The number of nitrogens with zero attached hydrogens (tertiary/aromatic N) is 1. The molecule has 0 spiro atoms. The minimum absolute atomic E-state index is 0.0719. The average molecular weight is 475 g/mol. The molecule has 2 aromatic carbocycles. The summed E-state index contributed by atoms with van der Waals surface area (Å²) in [7, 11) is -3.83. The van der Waals surface area contributed by atoms with E-state index < -0.39 is 10.0 Å². The lowest BCUT2D eigenvalue weighted by Crippen LogP contribution is -2.43. The number of fused-ring (bicyclic) bond motifs is 1. The van der Waals surface area contributed by atoms with E-state index in [0.717, 1.165) is 12.8 Å². The summed E-state index contributed by atoms with van der Waals surface area (Å²) < 4.78 is 50.3. The maximum Gasteiger partial charge on any atom is 0.262 e. The quantitative estimate of drug-likeness (QED) is 0.710. The van der Waals surface area contributed by atoms with Crippen LogP contribution in [0.4, 0.5) is 5.69 Å². The molecule has 1 amide bonds. The third kappa shape index (κ3) is 4.78. The van der Waals surface area contributed by atoms with Gasteiger partial charge in [-0.15, -0.1) is 0 Å². The molecule has 5 rings (SSSR count). The van der Waals surface area contributed by atoms with Gasteiger partial charge in [0, 0.05) is 36.3 Å². The molecule has 3 heterocycles. The molecule has 3 aliphatic rings. The lowest BCUT2D eigenvalue weighted by molar-refractivity contribution is -0.0969. The second-order valence-electron chi connectivity index (χ2n) is 8.25. The topological polar surface area (TPSA) is 103 Å². The standard InChI is InChI=1S/C23H26N2O7S/c26-22(25-9-1-2-17(15-25)23-31-12-13-32-23)16-3-5-18(6-4-16)24-33(27,28)19-7-8-20-21(14-19)30-11-10-29-20/h3-8,14,17,23-24H,1-2,9-13,15H2. The molecule has 10 heteroatoms. The summed E-state index contributed by atoms with van der Waals surface area (Å²) in [6, 6.07) is 10.9. The molecule has 1 atom stereocenters. The van der Waals surface area contributed by atoms with E-state index in [1.807, 2.05) is 4.90 Å². The Labute approximate surface area is 192 Å². The lowest BCUT2D eigenvalue weighted by atomic mass is 9.96. The first-order chi connectivity index (χ1) is 16.0. The first-order valence-corrected chi connectivity index (χ1v) is 12.5. The summed E-state index contributed by atoms with van der Waals surface area (Å²) in [5, 5.41) is 0. The van der Waals surface area contributed by atoms with Crippen LogP contribution in [-0.4, -0.2) is 65.0 Å². The molecular formula is C23H26N2O7S. The third-order valence-corrected chi connectivity index (χ3v) is 7.36. The molecule has 33 heavy (non-hydrogen) atoms. The first-order valence-electron chi connectivity index (χ1n) is 11.0. The number of piperidine rings is 1. The van der Waals surface area contributed by atoms with Gasteiger partial charge in [0.25, 0.3) is 15.9 Å². The summed E-state index contributed by atoms with van der Waals surface area (Å²) in [5.74, 6) is 1.01. The Kier molecular flexibility index (Phi) is 6.13. The van der Waals surface area contributed by atoms with Crippen molar-refractivity contribution in [2.24, 2.45) is 5.92 Å². The minimum atomic E-state index is -3.83. The molecule has 0 bridgehead atoms. The average Bonchev–Trinajstić information content (AvgIpc) is 3.39. The largest absolute Gasteiger partial charge is 0.486 e. The number of amides is 1. The number of ether oxygens (including phenoxy) is 4. The van der Waals surface area contributed by atoms with Gasteiger partial charge in [0.05, 0.1) is 18.1 Å². The van der Waals surface area contributed by atoms with Crippen LogP contribution in [0.3, 0.4) is 0 Å². The lowest BCUT2D eigenvalue weighted by Gasteiger charge is -2.34. The van der Waals surface area contributed by atoms with Gasteiger partial charge in [-0.3, -0.25) is 9.52 Å². The Morgan fingerprint density at radius 1 is 0.939 bits per heavy atom. The highest BCUT2D eigenvalue weighted by Crippen LogP contribution is 2.33. The summed E-state index contributed by atoms with van der Waals surface area (Å²) >= 11 is 0. The van der Waals surface area contributed by atoms with Crippen molar-refractivity contribution >= 4 is 21.6 Å². The highest BCUT2D eigenvalue weighted by molar-refractivity contribution is 7.92. The van der Waals surface area contributed by atoms with Crippen LogP contribution in [-0.2, 0) is 19.5 Å². The van der Waals surface area contributed by atoms with E-state index in [9.17, 15) is 13.2 Å². The van der Waals surface area contributed by atoms with E-state index in [4.69, 9.17) is 18.9 Å². The van der Waals surface area contributed by atoms with Crippen molar-refractivity contribution < 1.29 is 32.2 Å². The molecular weight excluding hydrogens is 448 g/mol. The number of nitrogens with one attached hydrogen (secondary N) is 1. The van der Waals surface area contributed by atoms with Crippen LogP contribution in [0.5, 0.6) is 11.5 Å². The van der Waals surface area contributed by atoms with E-state index in [-0.39, 0.29) is 23.0 Å². The number of carbonyl (C=O) groups excluding carboxylic acids is 1. The van der Waals surface area contributed by atoms with Crippen molar-refractivity contribution in [1.29, 1.82) is 0 Å². The van der Waals surface area contributed by atoms with Crippen LogP contribution in [0, 0.1) is 5.92 Å². The van der Waals surface area contributed by atoms with Gasteiger partial charge >= 0.3 is 0 Å². The highest BCUT2D eigenvalue weighted by Gasteiger charge is 2.33. The van der Waals surface area contributed by atoms with Crippen LogP contribution < -0.4 is 14.2 Å². The summed E-state index contributed by atoms with van der Waals surface area (Å²) in [5.41, 5.74) is 0.872. The summed E-state index contributed by atoms with van der Waals surface area (Å²) in [6.45, 7) is 3.26. The molecule has 176 valence electrons. The Bertz CT molecular complexity index is 1110. The van der Waals surface area contributed by atoms with Crippen LogP contribution >= 0.6 is 0 Å². The third-order valence-electron chi connectivity index (χ3n) is 5.99. The van der Waals surface area contributed by atoms with Gasteiger partial charge in [0.15, 0.2) is 17.8 Å². The second kappa shape index (κ2) is 9.20. The van der Waals surface area contributed by atoms with Crippen LogP contribution in [0.15, 0.2) is 47.4 Å². The number of carbonyl (C=O) groups is 1. The van der Waals surface area contributed by atoms with Crippen molar-refractivity contribution in [3.05, 3.63) is 48.0 Å². The maximum absolute atomic E-state index is 13.0. The Morgan fingerprint density at radius 3 is 2.42 bits per heavy atom. The Balaban J connectivity index is 1.25. The highest BCUT2D eigenvalue weighted by atomic mass is 32.2. The first kappa shape index (κ1) is 22.0. The van der Waals surface area contributed by atoms with Gasteiger partial charge in [-0.05, 0) is 49.2 Å². The van der Waals surface area contributed by atoms with Crippen LogP contribution in [0.1, 0.15) is 23.2 Å². The number of rotatable bonds is 5. The zero-order chi connectivity index (χ0) is 22.8. The number of benzene rings is 2. The number of likely N-dealkylation sites (tertiary alicyclic amines) is 1. The predicted octanol–water partition coefficient (Wildman–Crippen LogP) is 2.48. The normalized spacial score (nSPS) is 21.1. The zero-order valence-electron chi connectivity index (χ0n) is 18.1. The predicted molar refractivity (Wildman–Crippen MR) is 119 cm³/mol. The number of anilines is 1. The molecule has 1 unspecified atom stereocenters. The van der Waals surface area contributed by atoms with Crippen LogP contribution in [0.2, 0.25) is 0 Å². The van der Waals surface area contributed by atoms with Gasteiger partial charge in [-0.1, -0.05) is 0 Å². The Hall–Kier alpha value is -2.82. The zero-order valence-corrected chi connectivity index (χ0v) is 18.9. The fraction of sp³-hybridized carbons (Fsp3) is 0.435. The number of sulfonamides is 1. The fourth-order valence-corrected chi connectivity index (χ4v) is 5.41. The van der Waals surface area contributed by atoms with Crippen molar-refractivity contribution in [1.82, 2.24) is 4.90 Å². The van der Waals surface area contributed by atoms with Gasteiger partial charge in [-0.25, -0.2) is 8.42 Å². The molecule has 2 aromatic rings. The minimum Gasteiger partial charge on any atom is -0.486 e. The van der Waals surface area contributed by atoms with E-state index in [0.29, 0.717) is 62.3 Å². The van der Waals surface area contributed by atoms with Gasteiger partial charge in [-0.2, -0.15) is 0 Å². The van der Waals surface area contributed by atoms with Crippen molar-refractivity contribution in [2.75, 3.05) is 44.2 Å². The molecule has 0 aliphatic carbocycles. The van der Waals surface area contributed by atoms with E-state index in [2.05, 4.69) is 4.72 Å². The molecule has 2 saturated heterocycles. The summed E-state index contributed by atoms with van der Waals surface area (Å²) in [6.07, 6.45) is 1.63. The molecule has 2 fully saturated rings. The van der Waals surface area contributed by atoms with Crippen LogP contribution in [0.25, 0.3) is 0 Å². The molecule has 3 aliphatic heterocycles. The van der Waals surface area contributed by atoms with E-state index in [1.54, 1.807) is 30.3 Å². The molecule has 1 N–H and O–H groups in total. The van der Waals surface area contributed by atoms with Gasteiger partial charge < -0.3 is 23.8 Å². The van der Waals surface area contributed by atoms with Gasteiger partial charge in [0.2, 0.25) is 0 Å². The second-order valence-corrected chi connectivity index (χ2v) is 9.93. The van der Waals surface area contributed by atoms with E-state index >= 15 is 0 Å². The van der Waals surface area contributed by atoms with Crippen molar-refractivity contribution in [3.63, 3.8) is 0 Å². The van der Waals surface area contributed by atoms with Gasteiger partial charge in [0.1, 0.15) is 13.2 Å². The molecule has 0 saturated carbocycles. The molecule has 0 aromatic heterocycles. The number of hydrogen-bond acceptors (Lipinski definition) is 7. The van der Waals surface area contributed by atoms with Crippen molar-refractivity contribution in [2.45, 2.75) is 24.0 Å². The molecule has 9 nitrogen and oxygen atoms in total. The van der Waals surface area contributed by atoms with E-state index in [1.165, 1.54) is 12.1 Å². The fourth-order valence-electron chi connectivity index (χ4n) is 4.33. The SMILES string of the molecule is O=C(c1ccc(NS(=O)(=O)c2ccc3c(c2)OCCO3)cc1)N1CCCC(C2OCCO2)C1. The Morgan fingerprint density at radius 2 is 1.67 bits per heavy atom. The molecule has 0 radical (unpaired) electrons. The number of hydrogen-bond donors (Lipinski definition) is 1. The smallest absolute Gasteiger partial charge is 0.262 e.